The quantitative estimate of drug-likeness (QED) is 0.435. The van der Waals surface area contributed by atoms with E-state index >= 15 is 0 Å². The van der Waals surface area contributed by atoms with Gasteiger partial charge in [0.1, 0.15) is 5.83 Å². The van der Waals surface area contributed by atoms with Crippen molar-refractivity contribution in [2.75, 3.05) is 7.05 Å². The minimum Gasteiger partial charge on any atom is -0.289 e. The van der Waals surface area contributed by atoms with Crippen molar-refractivity contribution >= 4 is 0 Å². The maximum Gasteiger partial charge on any atom is 0.140 e. The molecule has 0 saturated heterocycles. The van der Waals surface area contributed by atoms with Crippen LogP contribution in [0.15, 0.2) is 24.7 Å². The van der Waals surface area contributed by atoms with E-state index in [1.165, 1.54) is 7.05 Å². The standard InChI is InChI=1S/C5H8FNO/c1-3-5(6)4-7(2)8/h3-4,8H,1H2,2H3/b5-4+. The van der Waals surface area contributed by atoms with E-state index < -0.39 is 5.83 Å². The average molecular weight is 117 g/mol. The molecule has 0 rings (SSSR count). The first-order valence-corrected chi connectivity index (χ1v) is 2.08. The molecule has 0 atom stereocenters. The van der Waals surface area contributed by atoms with Gasteiger partial charge in [-0.3, -0.25) is 10.3 Å². The molecule has 3 heteroatoms. The van der Waals surface area contributed by atoms with Crippen molar-refractivity contribution in [3.8, 4) is 0 Å². The van der Waals surface area contributed by atoms with Gasteiger partial charge in [0, 0.05) is 7.05 Å². The molecule has 0 aliphatic carbocycles. The van der Waals surface area contributed by atoms with E-state index in [0.29, 0.717) is 5.06 Å². The van der Waals surface area contributed by atoms with Crippen LogP contribution in [-0.2, 0) is 0 Å². The van der Waals surface area contributed by atoms with Crippen molar-refractivity contribution in [1.29, 1.82) is 0 Å². The van der Waals surface area contributed by atoms with Gasteiger partial charge in [0.15, 0.2) is 0 Å². The fourth-order valence-electron chi connectivity index (χ4n) is 0.231. The average Bonchev–Trinajstić information content (AvgIpc) is 1.65. The Morgan fingerprint density at radius 1 is 1.88 bits per heavy atom. The number of hydrogen-bond donors (Lipinski definition) is 1. The first-order valence-electron chi connectivity index (χ1n) is 2.08. The fourth-order valence-corrected chi connectivity index (χ4v) is 0.231. The largest absolute Gasteiger partial charge is 0.289 e. The topological polar surface area (TPSA) is 23.5 Å². The smallest absolute Gasteiger partial charge is 0.140 e. The van der Waals surface area contributed by atoms with E-state index in [4.69, 9.17) is 5.21 Å². The second-order valence-corrected chi connectivity index (χ2v) is 1.29. The minimum absolute atomic E-state index is 0.560. The van der Waals surface area contributed by atoms with Gasteiger partial charge < -0.3 is 0 Å². The molecule has 0 amide bonds. The Kier molecular flexibility index (Phi) is 2.88. The van der Waals surface area contributed by atoms with Gasteiger partial charge in [-0.2, -0.15) is 0 Å². The maximum absolute atomic E-state index is 11.9. The molecule has 46 valence electrons. The van der Waals surface area contributed by atoms with Gasteiger partial charge in [-0.05, 0) is 6.08 Å². The Balaban J connectivity index is 3.74. The lowest BCUT2D eigenvalue weighted by atomic mass is 10.5. The molecule has 1 N–H and O–H groups in total. The Bertz CT molecular complexity index is 109. The van der Waals surface area contributed by atoms with Crippen molar-refractivity contribution in [3.05, 3.63) is 24.7 Å². The number of hydrogen-bond acceptors (Lipinski definition) is 2. The lowest BCUT2D eigenvalue weighted by molar-refractivity contribution is -0.0147. The molecule has 2 nitrogen and oxygen atoms in total. The van der Waals surface area contributed by atoms with Gasteiger partial charge in [0.2, 0.25) is 0 Å². The molecule has 0 bridgehead atoms. The Hall–Kier alpha value is -0.830. The molecule has 0 aromatic heterocycles. The van der Waals surface area contributed by atoms with Gasteiger partial charge in [-0.1, -0.05) is 6.58 Å². The minimum atomic E-state index is -0.560. The van der Waals surface area contributed by atoms with Crippen molar-refractivity contribution in [3.63, 3.8) is 0 Å². The van der Waals surface area contributed by atoms with Crippen molar-refractivity contribution < 1.29 is 9.60 Å². The highest BCUT2D eigenvalue weighted by atomic mass is 19.1. The zero-order valence-electron chi connectivity index (χ0n) is 4.63. The number of rotatable bonds is 2. The second kappa shape index (κ2) is 3.21. The van der Waals surface area contributed by atoms with Crippen LogP contribution in [0, 0.1) is 0 Å². The van der Waals surface area contributed by atoms with Crippen LogP contribution >= 0.6 is 0 Å². The van der Waals surface area contributed by atoms with Crippen LogP contribution in [0.4, 0.5) is 4.39 Å². The summed E-state index contributed by atoms with van der Waals surface area (Å²) in [5.74, 6) is -0.560. The number of nitrogens with zero attached hydrogens (tertiary/aromatic N) is 1. The van der Waals surface area contributed by atoms with Crippen LogP contribution in [0.25, 0.3) is 0 Å². The normalized spacial score (nSPS) is 11.1. The lowest BCUT2D eigenvalue weighted by Gasteiger charge is -1.99. The van der Waals surface area contributed by atoms with Gasteiger partial charge in [-0.25, -0.2) is 4.39 Å². The van der Waals surface area contributed by atoms with E-state index in [2.05, 4.69) is 6.58 Å². The summed E-state index contributed by atoms with van der Waals surface area (Å²) in [6, 6.07) is 0. The molecule has 0 aromatic carbocycles. The number of allylic oxidation sites excluding steroid dienone is 2. The first-order chi connectivity index (χ1) is 3.66. The number of halogens is 1. The summed E-state index contributed by atoms with van der Waals surface area (Å²) in [4.78, 5) is 0. The van der Waals surface area contributed by atoms with Crippen LogP contribution in [-0.4, -0.2) is 17.3 Å². The van der Waals surface area contributed by atoms with E-state index in [1.54, 1.807) is 0 Å². The number of hydroxylamine groups is 2. The zero-order valence-corrected chi connectivity index (χ0v) is 4.63. The van der Waals surface area contributed by atoms with E-state index in [-0.39, 0.29) is 0 Å². The summed E-state index contributed by atoms with van der Waals surface area (Å²) < 4.78 is 11.9. The molecule has 0 spiro atoms. The predicted octanol–water partition coefficient (Wildman–Crippen LogP) is 1.30. The Morgan fingerprint density at radius 2 is 2.38 bits per heavy atom. The summed E-state index contributed by atoms with van der Waals surface area (Å²) in [6.45, 7) is 3.13. The third-order valence-electron chi connectivity index (χ3n) is 0.505. The molecular weight excluding hydrogens is 109 g/mol. The van der Waals surface area contributed by atoms with Crippen LogP contribution in [0.2, 0.25) is 0 Å². The summed E-state index contributed by atoms with van der Waals surface area (Å²) in [5, 5.41) is 8.95. The van der Waals surface area contributed by atoms with E-state index in [0.717, 1.165) is 12.3 Å². The van der Waals surface area contributed by atoms with Gasteiger partial charge in [0.05, 0.1) is 6.20 Å². The van der Waals surface area contributed by atoms with Crippen molar-refractivity contribution in [2.24, 2.45) is 0 Å². The highest BCUT2D eigenvalue weighted by Gasteiger charge is 1.84. The molecule has 0 saturated carbocycles. The molecule has 0 aliphatic rings. The first kappa shape index (κ1) is 7.17. The molecule has 0 aliphatic heterocycles. The summed E-state index contributed by atoms with van der Waals surface area (Å²) in [6.07, 6.45) is 1.92. The van der Waals surface area contributed by atoms with Gasteiger partial charge in [-0.15, -0.1) is 0 Å². The van der Waals surface area contributed by atoms with Gasteiger partial charge in [0.25, 0.3) is 0 Å². The van der Waals surface area contributed by atoms with E-state index in [9.17, 15) is 4.39 Å². The molecule has 0 unspecified atom stereocenters. The highest BCUT2D eigenvalue weighted by Crippen LogP contribution is 1.95. The Morgan fingerprint density at radius 3 is 2.50 bits per heavy atom. The lowest BCUT2D eigenvalue weighted by Crippen LogP contribution is -2.01. The summed E-state index contributed by atoms with van der Waals surface area (Å²) >= 11 is 0. The van der Waals surface area contributed by atoms with Crippen LogP contribution in [0.1, 0.15) is 0 Å². The summed E-state index contributed by atoms with van der Waals surface area (Å²) in [7, 11) is 1.31. The molecule has 0 radical (unpaired) electrons. The molecular formula is C5H8FNO. The molecule has 8 heavy (non-hydrogen) atoms. The second-order valence-electron chi connectivity index (χ2n) is 1.29. The SMILES string of the molecule is C=C/C(F)=C\N(C)O. The van der Waals surface area contributed by atoms with E-state index in [1.807, 2.05) is 0 Å². The van der Waals surface area contributed by atoms with Gasteiger partial charge >= 0.3 is 0 Å². The van der Waals surface area contributed by atoms with Crippen LogP contribution < -0.4 is 0 Å². The fraction of sp³-hybridized carbons (Fsp3) is 0.200. The third kappa shape index (κ3) is 3.36. The van der Waals surface area contributed by atoms with Crippen LogP contribution in [0.3, 0.4) is 0 Å². The summed E-state index contributed by atoms with van der Waals surface area (Å²) in [5.41, 5.74) is 0. The third-order valence-corrected chi connectivity index (χ3v) is 0.505. The van der Waals surface area contributed by atoms with Crippen LogP contribution in [0.5, 0.6) is 0 Å². The Labute approximate surface area is 47.5 Å². The molecule has 0 aromatic rings. The van der Waals surface area contributed by atoms with Crippen molar-refractivity contribution in [1.82, 2.24) is 5.06 Å². The predicted molar refractivity (Wildman–Crippen MR) is 28.9 cm³/mol. The molecule has 0 fully saturated rings. The monoisotopic (exact) mass is 117 g/mol. The maximum atomic E-state index is 11.9. The van der Waals surface area contributed by atoms with Crippen molar-refractivity contribution in [2.45, 2.75) is 0 Å². The zero-order chi connectivity index (χ0) is 6.57. The highest BCUT2D eigenvalue weighted by molar-refractivity contribution is 5.04. The molecule has 0 heterocycles.